The Hall–Kier alpha value is -4.18. The second-order valence-corrected chi connectivity index (χ2v) is 11.3. The van der Waals surface area contributed by atoms with Crippen LogP contribution in [0.3, 0.4) is 0 Å². The van der Waals surface area contributed by atoms with Gasteiger partial charge in [0.1, 0.15) is 5.76 Å². The summed E-state index contributed by atoms with van der Waals surface area (Å²) >= 11 is 0. The first kappa shape index (κ1) is 25.5. The summed E-state index contributed by atoms with van der Waals surface area (Å²) in [5.74, 6) is -1.16. The Bertz CT molecular complexity index is 1550. The Kier molecular flexibility index (Phi) is 6.44. The average Bonchev–Trinajstić information content (AvgIpc) is 3.17. The number of amides is 1. The number of aliphatic hydroxyl groups is 1. The maximum atomic E-state index is 13.5. The number of Topliss-reactive ketones (excluding diaryl/α,β-unsaturated/α-hetero) is 1. The van der Waals surface area contributed by atoms with Crippen LogP contribution in [0.15, 0.2) is 96.6 Å². The second-order valence-electron chi connectivity index (χ2n) is 11.3. The van der Waals surface area contributed by atoms with Gasteiger partial charge in [0.25, 0.3) is 11.7 Å². The summed E-state index contributed by atoms with van der Waals surface area (Å²) in [5.41, 5.74) is 4.25. The van der Waals surface area contributed by atoms with Gasteiger partial charge in [0, 0.05) is 11.3 Å². The van der Waals surface area contributed by atoms with Gasteiger partial charge in [-0.25, -0.2) is 0 Å². The fourth-order valence-corrected chi connectivity index (χ4v) is 5.09. The van der Waals surface area contributed by atoms with Crippen LogP contribution in [0.25, 0.3) is 16.5 Å². The molecule has 0 saturated carbocycles. The number of aliphatic hydroxyl groups excluding tert-OH is 1. The summed E-state index contributed by atoms with van der Waals surface area (Å²) in [5, 5.41) is 13.5. The van der Waals surface area contributed by atoms with Crippen molar-refractivity contribution in [3.8, 4) is 0 Å². The van der Waals surface area contributed by atoms with E-state index in [-0.39, 0.29) is 16.7 Å². The average molecular weight is 504 g/mol. The van der Waals surface area contributed by atoms with Gasteiger partial charge in [-0.15, -0.1) is 0 Å². The van der Waals surface area contributed by atoms with E-state index in [1.165, 1.54) is 4.90 Å². The molecule has 4 aromatic carbocycles. The van der Waals surface area contributed by atoms with Gasteiger partial charge in [0.05, 0.1) is 11.6 Å². The summed E-state index contributed by atoms with van der Waals surface area (Å²) in [4.78, 5) is 28.6. The number of fused-ring (bicyclic) bond motifs is 1. The maximum Gasteiger partial charge on any atom is 0.300 e. The molecule has 1 saturated heterocycles. The maximum absolute atomic E-state index is 13.5. The van der Waals surface area contributed by atoms with Gasteiger partial charge in [-0.3, -0.25) is 14.5 Å². The minimum Gasteiger partial charge on any atom is -0.507 e. The predicted molar refractivity (Wildman–Crippen MR) is 154 cm³/mol. The highest BCUT2D eigenvalue weighted by atomic mass is 16.3. The molecule has 38 heavy (non-hydrogen) atoms. The van der Waals surface area contributed by atoms with E-state index in [1.807, 2.05) is 84.9 Å². The molecule has 5 rings (SSSR count). The molecule has 1 heterocycles. The van der Waals surface area contributed by atoms with E-state index in [9.17, 15) is 14.7 Å². The zero-order valence-electron chi connectivity index (χ0n) is 22.5. The molecule has 1 aliphatic heterocycles. The van der Waals surface area contributed by atoms with E-state index in [0.29, 0.717) is 17.2 Å². The van der Waals surface area contributed by atoms with Crippen molar-refractivity contribution in [2.45, 2.75) is 52.0 Å². The molecule has 1 N–H and O–H groups in total. The van der Waals surface area contributed by atoms with Gasteiger partial charge < -0.3 is 5.11 Å². The molecule has 1 unspecified atom stereocenters. The minimum absolute atomic E-state index is 0.0435. The molecule has 1 amide bonds. The van der Waals surface area contributed by atoms with Crippen molar-refractivity contribution >= 4 is 33.9 Å². The summed E-state index contributed by atoms with van der Waals surface area (Å²) in [6.07, 6.45) is 0. The van der Waals surface area contributed by atoms with Gasteiger partial charge >= 0.3 is 0 Å². The second kappa shape index (κ2) is 9.60. The van der Waals surface area contributed by atoms with E-state index < -0.39 is 17.7 Å². The molecule has 4 aromatic rings. The van der Waals surface area contributed by atoms with Gasteiger partial charge in [0.2, 0.25) is 0 Å². The van der Waals surface area contributed by atoms with Crippen LogP contribution in [0.5, 0.6) is 0 Å². The molecule has 0 bridgehead atoms. The minimum atomic E-state index is -0.750. The van der Waals surface area contributed by atoms with Crippen LogP contribution in [0.4, 0.5) is 5.69 Å². The van der Waals surface area contributed by atoms with E-state index in [4.69, 9.17) is 0 Å². The number of anilines is 1. The lowest BCUT2D eigenvalue weighted by atomic mass is 9.85. The molecule has 4 nitrogen and oxygen atoms in total. The fraction of sp³-hybridized carbons (Fsp3) is 0.235. The first-order valence-corrected chi connectivity index (χ1v) is 13.1. The van der Waals surface area contributed by atoms with Crippen LogP contribution in [-0.2, 0) is 15.0 Å². The van der Waals surface area contributed by atoms with E-state index in [0.717, 1.165) is 27.5 Å². The highest BCUT2D eigenvalue weighted by molar-refractivity contribution is 6.51. The van der Waals surface area contributed by atoms with Crippen molar-refractivity contribution in [1.29, 1.82) is 0 Å². The standard InChI is InChI=1S/C34H33NO3/c1-21(2)22-14-18-28(19-15-22)35-30(24-12-16-27(17-13-24)34(3,4)5)29(32(37)33(35)38)31(36)26-11-10-23-8-6-7-9-25(23)20-26/h6-21,30,36H,1-5H3/b31-29-. The highest BCUT2D eigenvalue weighted by Gasteiger charge is 2.47. The molecular weight excluding hydrogens is 470 g/mol. The Balaban J connectivity index is 1.69. The lowest BCUT2D eigenvalue weighted by Crippen LogP contribution is -2.29. The van der Waals surface area contributed by atoms with E-state index in [2.05, 4.69) is 34.6 Å². The molecular formula is C34H33NO3. The van der Waals surface area contributed by atoms with Crippen molar-refractivity contribution in [3.05, 3.63) is 119 Å². The van der Waals surface area contributed by atoms with Crippen LogP contribution in [0.1, 0.15) is 68.8 Å². The van der Waals surface area contributed by atoms with Gasteiger partial charge in [-0.05, 0) is 57.0 Å². The predicted octanol–water partition coefficient (Wildman–Crippen LogP) is 7.89. The van der Waals surface area contributed by atoms with E-state index >= 15 is 0 Å². The number of ketones is 1. The Labute approximate surface area is 224 Å². The van der Waals surface area contributed by atoms with Crippen molar-refractivity contribution < 1.29 is 14.7 Å². The number of carbonyl (C=O) groups excluding carboxylic acids is 2. The molecule has 0 radical (unpaired) electrons. The van der Waals surface area contributed by atoms with Gasteiger partial charge in [-0.2, -0.15) is 0 Å². The largest absolute Gasteiger partial charge is 0.507 e. The quantitative estimate of drug-likeness (QED) is 0.175. The third-order valence-corrected chi connectivity index (χ3v) is 7.40. The lowest BCUT2D eigenvalue weighted by Gasteiger charge is -2.27. The lowest BCUT2D eigenvalue weighted by molar-refractivity contribution is -0.132. The van der Waals surface area contributed by atoms with Crippen molar-refractivity contribution in [2.75, 3.05) is 4.90 Å². The van der Waals surface area contributed by atoms with Gasteiger partial charge in [-0.1, -0.05) is 107 Å². The third-order valence-electron chi connectivity index (χ3n) is 7.40. The molecule has 1 aliphatic rings. The number of carbonyl (C=O) groups is 2. The number of hydrogen-bond acceptors (Lipinski definition) is 3. The smallest absolute Gasteiger partial charge is 0.300 e. The molecule has 4 heteroatoms. The third kappa shape index (κ3) is 4.51. The van der Waals surface area contributed by atoms with Gasteiger partial charge in [0.15, 0.2) is 0 Å². The Morgan fingerprint density at radius 1 is 0.816 bits per heavy atom. The van der Waals surface area contributed by atoms with Crippen LogP contribution in [0, 0.1) is 0 Å². The molecule has 192 valence electrons. The van der Waals surface area contributed by atoms with Crippen molar-refractivity contribution in [1.82, 2.24) is 0 Å². The normalized spacial score (nSPS) is 17.5. The van der Waals surface area contributed by atoms with Crippen LogP contribution < -0.4 is 4.90 Å². The van der Waals surface area contributed by atoms with Crippen LogP contribution >= 0.6 is 0 Å². The molecule has 1 fully saturated rings. The number of hydrogen-bond donors (Lipinski definition) is 1. The zero-order valence-corrected chi connectivity index (χ0v) is 22.5. The van der Waals surface area contributed by atoms with Crippen molar-refractivity contribution in [2.24, 2.45) is 0 Å². The highest BCUT2D eigenvalue weighted by Crippen LogP contribution is 2.43. The Morgan fingerprint density at radius 2 is 1.45 bits per heavy atom. The summed E-state index contributed by atoms with van der Waals surface area (Å²) in [6, 6.07) is 28.4. The summed E-state index contributed by atoms with van der Waals surface area (Å²) in [7, 11) is 0. The number of nitrogens with zero attached hydrogens (tertiary/aromatic N) is 1. The number of rotatable bonds is 4. The molecule has 0 aliphatic carbocycles. The first-order chi connectivity index (χ1) is 18.1. The SMILES string of the molecule is CC(C)c1ccc(N2C(=O)C(=O)/C(=C(\O)c3ccc4ccccc4c3)C2c2ccc(C(C)(C)C)cc2)cc1. The topological polar surface area (TPSA) is 57.6 Å². The summed E-state index contributed by atoms with van der Waals surface area (Å²) in [6.45, 7) is 10.7. The Morgan fingerprint density at radius 3 is 2.05 bits per heavy atom. The molecule has 0 aromatic heterocycles. The monoisotopic (exact) mass is 503 g/mol. The molecule has 0 spiro atoms. The first-order valence-electron chi connectivity index (χ1n) is 13.1. The zero-order chi connectivity index (χ0) is 27.2. The van der Waals surface area contributed by atoms with Crippen molar-refractivity contribution in [3.63, 3.8) is 0 Å². The fourth-order valence-electron chi connectivity index (χ4n) is 5.09. The molecule has 1 atom stereocenters. The van der Waals surface area contributed by atoms with E-state index in [1.54, 1.807) is 6.07 Å². The van der Waals surface area contributed by atoms with Crippen LogP contribution in [0.2, 0.25) is 0 Å². The van der Waals surface area contributed by atoms with Crippen LogP contribution in [-0.4, -0.2) is 16.8 Å². The summed E-state index contributed by atoms with van der Waals surface area (Å²) < 4.78 is 0. The number of benzene rings is 4.